The van der Waals surface area contributed by atoms with Crippen LogP contribution < -0.4 is 5.56 Å². The van der Waals surface area contributed by atoms with Gasteiger partial charge in [0, 0.05) is 10.0 Å². The van der Waals surface area contributed by atoms with E-state index >= 15 is 0 Å². The van der Waals surface area contributed by atoms with Crippen molar-refractivity contribution in [3.63, 3.8) is 0 Å². The van der Waals surface area contributed by atoms with E-state index in [2.05, 4.69) is 15.3 Å². The zero-order valence-corrected chi connectivity index (χ0v) is 14.3. The SMILES string of the molecule is O=c1c2nnn(-c3ccc(Cl)cc3)c2ncn1Cc1cccc(Cl)c1. The molecular formula is C17H11Cl2N5O. The minimum atomic E-state index is -0.259. The molecule has 2 aromatic carbocycles. The van der Waals surface area contributed by atoms with Gasteiger partial charge in [0.15, 0.2) is 11.2 Å². The van der Waals surface area contributed by atoms with Crippen LogP contribution in [0.25, 0.3) is 16.9 Å². The van der Waals surface area contributed by atoms with Crippen molar-refractivity contribution >= 4 is 34.4 Å². The van der Waals surface area contributed by atoms with Crippen LogP contribution in [0, 0.1) is 0 Å². The summed E-state index contributed by atoms with van der Waals surface area (Å²) in [6.45, 7) is 0.357. The number of aromatic nitrogens is 5. The van der Waals surface area contributed by atoms with Crippen LogP contribution in [0.1, 0.15) is 5.56 Å². The van der Waals surface area contributed by atoms with Crippen LogP contribution in [0.3, 0.4) is 0 Å². The third-order valence-corrected chi connectivity index (χ3v) is 4.23. The molecule has 0 radical (unpaired) electrons. The highest BCUT2D eigenvalue weighted by Gasteiger charge is 2.13. The van der Waals surface area contributed by atoms with E-state index in [1.807, 2.05) is 18.2 Å². The number of halogens is 2. The van der Waals surface area contributed by atoms with Crippen LogP contribution >= 0.6 is 23.2 Å². The van der Waals surface area contributed by atoms with Gasteiger partial charge >= 0.3 is 0 Å². The molecule has 0 aliphatic carbocycles. The van der Waals surface area contributed by atoms with Crippen molar-refractivity contribution < 1.29 is 0 Å². The summed E-state index contributed by atoms with van der Waals surface area (Å²) in [6, 6.07) is 14.4. The second-order valence-corrected chi connectivity index (χ2v) is 6.33. The van der Waals surface area contributed by atoms with Crippen molar-refractivity contribution in [2.75, 3.05) is 0 Å². The summed E-state index contributed by atoms with van der Waals surface area (Å²) >= 11 is 11.9. The number of rotatable bonds is 3. The third-order valence-electron chi connectivity index (χ3n) is 3.74. The van der Waals surface area contributed by atoms with E-state index in [1.54, 1.807) is 30.3 Å². The molecule has 0 atom stereocenters. The second-order valence-electron chi connectivity index (χ2n) is 5.46. The minimum Gasteiger partial charge on any atom is -0.293 e. The van der Waals surface area contributed by atoms with Gasteiger partial charge in [-0.15, -0.1) is 5.10 Å². The van der Waals surface area contributed by atoms with Gasteiger partial charge in [-0.3, -0.25) is 9.36 Å². The Hall–Kier alpha value is -2.70. The van der Waals surface area contributed by atoms with E-state index in [-0.39, 0.29) is 11.1 Å². The summed E-state index contributed by atoms with van der Waals surface area (Å²) in [7, 11) is 0. The topological polar surface area (TPSA) is 65.6 Å². The molecule has 2 aromatic heterocycles. The zero-order valence-electron chi connectivity index (χ0n) is 12.8. The molecule has 0 fully saturated rings. The van der Waals surface area contributed by atoms with Crippen LogP contribution in [0.2, 0.25) is 10.0 Å². The van der Waals surface area contributed by atoms with Crippen molar-refractivity contribution in [1.82, 2.24) is 24.5 Å². The number of hydrogen-bond acceptors (Lipinski definition) is 4. The fraction of sp³-hybridized carbons (Fsp3) is 0.0588. The number of nitrogens with zero attached hydrogens (tertiary/aromatic N) is 5. The predicted octanol–water partition coefficient (Wildman–Crippen LogP) is 3.33. The average Bonchev–Trinajstić information content (AvgIpc) is 3.03. The Morgan fingerprint density at radius 1 is 1.00 bits per heavy atom. The fourth-order valence-corrected chi connectivity index (χ4v) is 2.88. The molecule has 6 nitrogen and oxygen atoms in total. The van der Waals surface area contributed by atoms with Crippen LogP contribution in [-0.2, 0) is 6.54 Å². The molecule has 0 unspecified atom stereocenters. The number of fused-ring (bicyclic) bond motifs is 1. The molecule has 0 bridgehead atoms. The molecule has 0 aliphatic heterocycles. The highest BCUT2D eigenvalue weighted by atomic mass is 35.5. The molecule has 25 heavy (non-hydrogen) atoms. The maximum atomic E-state index is 12.7. The molecule has 0 aliphatic rings. The smallest absolute Gasteiger partial charge is 0.283 e. The lowest BCUT2D eigenvalue weighted by molar-refractivity contribution is 0.745. The Morgan fingerprint density at radius 2 is 1.80 bits per heavy atom. The Morgan fingerprint density at radius 3 is 2.56 bits per heavy atom. The first kappa shape index (κ1) is 15.8. The zero-order chi connectivity index (χ0) is 17.4. The van der Waals surface area contributed by atoms with Crippen LogP contribution in [-0.4, -0.2) is 24.5 Å². The van der Waals surface area contributed by atoms with Gasteiger partial charge in [0.2, 0.25) is 0 Å². The average molecular weight is 372 g/mol. The van der Waals surface area contributed by atoms with Gasteiger partial charge in [-0.1, -0.05) is 40.5 Å². The summed E-state index contributed by atoms with van der Waals surface area (Å²) in [6.07, 6.45) is 1.49. The number of hydrogen-bond donors (Lipinski definition) is 0. The summed E-state index contributed by atoms with van der Waals surface area (Å²) in [5.74, 6) is 0. The first-order chi connectivity index (χ1) is 12.1. The monoisotopic (exact) mass is 371 g/mol. The molecule has 0 spiro atoms. The molecule has 0 N–H and O–H groups in total. The molecule has 124 valence electrons. The van der Waals surface area contributed by atoms with Gasteiger partial charge in [0.1, 0.15) is 6.33 Å². The Kier molecular flexibility index (Phi) is 3.99. The van der Waals surface area contributed by atoms with Crippen LogP contribution in [0.5, 0.6) is 0 Å². The standard InChI is InChI=1S/C17H11Cl2N5O/c18-12-4-6-14(7-5-12)24-16-15(21-22-24)17(25)23(10-20-16)9-11-2-1-3-13(19)8-11/h1-8,10H,9H2. The lowest BCUT2D eigenvalue weighted by atomic mass is 10.2. The summed E-state index contributed by atoms with van der Waals surface area (Å²) in [5.41, 5.74) is 1.98. The van der Waals surface area contributed by atoms with Gasteiger partial charge in [-0.25, -0.2) is 4.98 Å². The van der Waals surface area contributed by atoms with E-state index in [1.165, 1.54) is 15.6 Å². The summed E-state index contributed by atoms with van der Waals surface area (Å²) in [4.78, 5) is 17.0. The quantitative estimate of drug-likeness (QED) is 0.553. The molecule has 2 heterocycles. The van der Waals surface area contributed by atoms with Crippen molar-refractivity contribution in [3.05, 3.63) is 80.8 Å². The van der Waals surface area contributed by atoms with E-state index < -0.39 is 0 Å². The lowest BCUT2D eigenvalue weighted by Crippen LogP contribution is -2.21. The minimum absolute atomic E-state index is 0.208. The van der Waals surface area contributed by atoms with Crippen LogP contribution in [0.15, 0.2) is 59.7 Å². The first-order valence-corrected chi connectivity index (χ1v) is 8.18. The Balaban J connectivity index is 1.77. The largest absolute Gasteiger partial charge is 0.293 e. The van der Waals surface area contributed by atoms with Gasteiger partial charge in [0.05, 0.1) is 12.2 Å². The molecular weight excluding hydrogens is 361 g/mol. The highest BCUT2D eigenvalue weighted by molar-refractivity contribution is 6.30. The summed E-state index contributed by atoms with van der Waals surface area (Å²) < 4.78 is 2.99. The van der Waals surface area contributed by atoms with Crippen molar-refractivity contribution in [2.24, 2.45) is 0 Å². The maximum Gasteiger partial charge on any atom is 0.283 e. The van der Waals surface area contributed by atoms with Crippen molar-refractivity contribution in [1.29, 1.82) is 0 Å². The highest BCUT2D eigenvalue weighted by Crippen LogP contribution is 2.16. The van der Waals surface area contributed by atoms with E-state index in [0.717, 1.165) is 11.3 Å². The van der Waals surface area contributed by atoms with E-state index in [4.69, 9.17) is 23.2 Å². The molecule has 4 rings (SSSR count). The number of benzene rings is 2. The third kappa shape index (κ3) is 3.01. The van der Waals surface area contributed by atoms with Gasteiger partial charge < -0.3 is 0 Å². The molecule has 8 heteroatoms. The van der Waals surface area contributed by atoms with Crippen LogP contribution in [0.4, 0.5) is 0 Å². The van der Waals surface area contributed by atoms with E-state index in [9.17, 15) is 4.79 Å². The van der Waals surface area contributed by atoms with E-state index in [0.29, 0.717) is 22.2 Å². The normalized spacial score (nSPS) is 11.1. The summed E-state index contributed by atoms with van der Waals surface area (Å²) in [5, 5.41) is 9.27. The Labute approximate surface area is 152 Å². The first-order valence-electron chi connectivity index (χ1n) is 7.43. The van der Waals surface area contributed by atoms with Gasteiger partial charge in [0.25, 0.3) is 5.56 Å². The van der Waals surface area contributed by atoms with Crippen molar-refractivity contribution in [3.8, 4) is 5.69 Å². The molecule has 0 saturated heterocycles. The lowest BCUT2D eigenvalue weighted by Gasteiger charge is -2.06. The van der Waals surface area contributed by atoms with Crippen molar-refractivity contribution in [2.45, 2.75) is 6.54 Å². The molecule has 4 aromatic rings. The Bertz CT molecular complexity index is 1120. The van der Waals surface area contributed by atoms with Gasteiger partial charge in [-0.05, 0) is 42.0 Å². The maximum absolute atomic E-state index is 12.7. The molecule has 0 amide bonds. The predicted molar refractivity (Wildman–Crippen MR) is 96.5 cm³/mol. The molecule has 0 saturated carbocycles. The fourth-order valence-electron chi connectivity index (χ4n) is 2.54. The van der Waals surface area contributed by atoms with Gasteiger partial charge in [-0.2, -0.15) is 4.68 Å². The second kappa shape index (κ2) is 6.31.